The second-order valence-corrected chi connectivity index (χ2v) is 38.2. The molecule has 7 aromatic heterocycles. The van der Waals surface area contributed by atoms with E-state index in [0.29, 0.717) is 140 Å². The highest BCUT2D eigenvalue weighted by Crippen LogP contribution is 2.35. The quantitative estimate of drug-likeness (QED) is 0.0378. The number of pyridine rings is 1. The summed E-state index contributed by atoms with van der Waals surface area (Å²) >= 11 is 15.6. The summed E-state index contributed by atoms with van der Waals surface area (Å²) in [5.41, 5.74) is 14.4. The van der Waals surface area contributed by atoms with Gasteiger partial charge in [-0.25, -0.2) is 9.37 Å². The van der Waals surface area contributed by atoms with Crippen LogP contribution in [-0.4, -0.2) is 120 Å². The Kier molecular flexibility index (Phi) is 37.7. The van der Waals surface area contributed by atoms with Crippen LogP contribution in [0.4, 0.5) is 15.8 Å². The predicted octanol–water partition coefficient (Wildman–Crippen LogP) is 23.7. The summed E-state index contributed by atoms with van der Waals surface area (Å²) in [5, 5.41) is 38.8. The topological polar surface area (TPSA) is 313 Å². The highest BCUT2D eigenvalue weighted by atomic mass is 35.5. The molecule has 1 atom stereocenters. The van der Waals surface area contributed by atoms with Crippen molar-refractivity contribution < 1.29 is 46.5 Å². The Morgan fingerprint density at radius 1 is 0.569 bits per heavy atom. The molecule has 736 valence electrons. The van der Waals surface area contributed by atoms with Crippen molar-refractivity contribution in [1.82, 2.24) is 75.4 Å². The van der Waals surface area contributed by atoms with Crippen LogP contribution in [0.5, 0.6) is 11.5 Å². The maximum absolute atomic E-state index is 13.6. The van der Waals surface area contributed by atoms with Crippen LogP contribution in [0.2, 0.25) is 10.0 Å². The SMILES string of the molecule is CC(=O)Nc1cccc(C(C)N(Cc2ccccc2)Cc2nc(-c3ccc(Cl)cc3)no2)c1.COc1ccccc1CN(Cc1cccs1)C(=O)c1ccc(-c2nn[nH]n2)cc1.COc1ccccc1CN(Cc1cccs1)C(=O)c1ccc(Cl)c(N2CCCC2=O)c1.Cc1cccc(CN(Cc2ccccn2)Cc2ncc(C(C)(C)C)o2)c1.Cc1noc(CN(Cc2ccc(C#N)cc2)Cc2cccc(F)c2)n1. The lowest BCUT2D eigenvalue weighted by Crippen LogP contribution is -2.30. The van der Waals surface area contributed by atoms with Crippen molar-refractivity contribution in [2.75, 3.05) is 31.0 Å². The number of aryl methyl sites for hydroxylation is 2. The fraction of sp³-hybridized carbons (Fsp3) is 0.232. The van der Waals surface area contributed by atoms with E-state index in [1.807, 2.05) is 192 Å². The number of aromatic amines is 1. The molecule has 1 unspecified atom stereocenters. The number of hydrogen-bond donors (Lipinski definition) is 2. The van der Waals surface area contributed by atoms with Crippen LogP contribution in [-0.2, 0) is 93.5 Å². The number of anilines is 2. The Morgan fingerprint density at radius 3 is 1.75 bits per heavy atom. The van der Waals surface area contributed by atoms with Gasteiger partial charge in [-0.2, -0.15) is 20.4 Å². The number of halogens is 3. The molecular weight excluding hydrogens is 1900 g/mol. The number of amides is 4. The number of tetrazole rings is 1. The highest BCUT2D eigenvalue weighted by Gasteiger charge is 2.29. The van der Waals surface area contributed by atoms with Gasteiger partial charge in [0.2, 0.25) is 41.1 Å². The molecule has 2 N–H and O–H groups in total. The van der Waals surface area contributed by atoms with Crippen LogP contribution in [0.1, 0.15) is 169 Å². The monoisotopic (exact) mass is 2000 g/mol. The first kappa shape index (κ1) is 104. The van der Waals surface area contributed by atoms with E-state index in [9.17, 15) is 23.6 Å². The summed E-state index contributed by atoms with van der Waals surface area (Å²) in [5.74, 6) is 5.33. The van der Waals surface area contributed by atoms with Crippen molar-refractivity contribution in [3.8, 4) is 40.3 Å². The number of carbonyl (C=O) groups is 4. The van der Waals surface area contributed by atoms with E-state index in [1.165, 1.54) is 35.7 Å². The zero-order valence-electron chi connectivity index (χ0n) is 81.4. The fourth-order valence-corrected chi connectivity index (χ4v) is 17.7. The van der Waals surface area contributed by atoms with Crippen LogP contribution >= 0.6 is 45.9 Å². The molecule has 0 bridgehead atoms. The number of nitrogens with zero attached hydrogens (tertiary/aromatic N) is 16. The number of nitriles is 1. The van der Waals surface area contributed by atoms with Gasteiger partial charge < -0.3 is 43.0 Å². The summed E-state index contributed by atoms with van der Waals surface area (Å²) in [7, 11) is 3.27. The predicted molar refractivity (Wildman–Crippen MR) is 557 cm³/mol. The van der Waals surface area contributed by atoms with Crippen LogP contribution in [0.15, 0.2) is 322 Å². The molecule has 10 aromatic carbocycles. The Hall–Kier alpha value is -15.3. The number of hydrogen-bond acceptors (Lipinski definition) is 24. The van der Waals surface area contributed by atoms with Gasteiger partial charge in [0.1, 0.15) is 23.1 Å². The van der Waals surface area contributed by atoms with E-state index in [4.69, 9.17) is 51.4 Å². The van der Waals surface area contributed by atoms with E-state index in [1.54, 1.807) is 114 Å². The lowest BCUT2D eigenvalue weighted by atomic mass is 9.94. The minimum absolute atomic E-state index is 0.0322. The molecule has 1 aliphatic heterocycles. The number of methoxy groups -OCH3 is 2. The Bertz CT molecular complexity index is 7010. The summed E-state index contributed by atoms with van der Waals surface area (Å²) < 4.78 is 41.2. The maximum Gasteiger partial charge on any atom is 0.254 e. The summed E-state index contributed by atoms with van der Waals surface area (Å²) in [6.45, 7) is 21.4. The van der Waals surface area contributed by atoms with Gasteiger partial charge in [0, 0.05) is 124 Å². The van der Waals surface area contributed by atoms with Gasteiger partial charge in [0.25, 0.3) is 11.8 Å². The summed E-state index contributed by atoms with van der Waals surface area (Å²) in [6.07, 6.45) is 4.99. The fourth-order valence-electron chi connectivity index (χ4n) is 16.0. The first-order valence-electron chi connectivity index (χ1n) is 46.7. The first-order chi connectivity index (χ1) is 69.8. The molecular formula is C112H111Cl2FN18O9S2. The molecule has 32 heteroatoms. The molecule has 0 saturated carbocycles. The smallest absolute Gasteiger partial charge is 0.254 e. The minimum Gasteiger partial charge on any atom is -0.496 e. The van der Waals surface area contributed by atoms with E-state index in [-0.39, 0.29) is 40.9 Å². The number of nitrogens with one attached hydrogen (secondary N) is 2. The zero-order valence-corrected chi connectivity index (χ0v) is 84.6. The number of ether oxygens (including phenoxy) is 2. The van der Waals surface area contributed by atoms with Gasteiger partial charge in [-0.1, -0.05) is 218 Å². The first-order valence-corrected chi connectivity index (χ1v) is 49.3. The molecule has 0 spiro atoms. The number of H-pyrrole nitrogens is 1. The molecule has 1 fully saturated rings. The number of carbonyl (C=O) groups excluding carboxylic acids is 4. The average Bonchev–Trinajstić information content (AvgIpc) is 1.54. The molecule has 4 amide bonds. The van der Waals surface area contributed by atoms with Gasteiger partial charge in [-0.15, -0.1) is 32.9 Å². The Labute approximate surface area is 854 Å². The van der Waals surface area contributed by atoms with Crippen molar-refractivity contribution >= 4 is 80.9 Å². The van der Waals surface area contributed by atoms with Crippen LogP contribution in [0, 0.1) is 31.0 Å². The second-order valence-electron chi connectivity index (χ2n) is 35.3. The third kappa shape index (κ3) is 31.1. The van der Waals surface area contributed by atoms with Crippen molar-refractivity contribution in [2.24, 2.45) is 0 Å². The molecule has 27 nitrogen and oxygen atoms in total. The van der Waals surface area contributed by atoms with Gasteiger partial charge in [-0.3, -0.25) is 38.9 Å². The number of aromatic nitrogens is 10. The van der Waals surface area contributed by atoms with Gasteiger partial charge in [0.15, 0.2) is 5.82 Å². The molecule has 1 aliphatic rings. The molecule has 144 heavy (non-hydrogen) atoms. The minimum atomic E-state index is -0.260. The number of oxazole rings is 1. The molecule has 18 rings (SSSR count). The van der Waals surface area contributed by atoms with Crippen LogP contribution < -0.4 is 19.7 Å². The van der Waals surface area contributed by atoms with Gasteiger partial charge in [0.05, 0.1) is 94.3 Å². The second kappa shape index (κ2) is 51.9. The highest BCUT2D eigenvalue weighted by molar-refractivity contribution is 7.10. The summed E-state index contributed by atoms with van der Waals surface area (Å²) in [6, 6.07) is 92.0. The maximum atomic E-state index is 13.6. The Morgan fingerprint density at radius 2 is 1.16 bits per heavy atom. The molecule has 8 heterocycles. The third-order valence-corrected chi connectivity index (χ3v) is 25.5. The standard InChI is InChI=1S/C26H25ClN4O2.C24H23ClN2O3S.C22H27N3O.C21H19N5O2S.C19H17FN4O/c1-18(22-9-6-10-24(15-22)28-19(2)32)31(16-20-7-4-3-5-8-20)17-25-29-26(30-33-25)21-11-13-23(27)14-12-21;1-30-22-8-3-2-6-18(22)15-26(16-19-7-5-13-31-19)24(29)17-10-11-20(25)21(14-17)27-12-4-9-23(27)28;1-17-8-7-9-18(12-17)14-25(15-19-10-5-6-11-23-19)16-21-24-13-20(26-21)22(2,3)4;1-28-19-7-3-2-5-17(19)13-26(14-18-6-4-12-29-18)21(27)16-10-8-15(9-11-16)20-22-24-25-23-20;1-14-22-19(25-23-14)13-24(12-17-3-2-4-18(20)9-17)11-16-7-5-15(10-21)6-8-16/h3-15,18H,16-17H2,1-2H3,(H,28,32);2-3,5-8,10-11,13-14H,4,9,12,15-16H2,1H3;5-13H,14-16H2,1-4H3;2-12H,13-14H2,1H3,(H,22,23,24,25);2-9H,11-13H2,1H3. The van der Waals surface area contributed by atoms with E-state index < -0.39 is 0 Å². The molecule has 0 radical (unpaired) electrons. The van der Waals surface area contributed by atoms with Gasteiger partial charge >= 0.3 is 0 Å². The largest absolute Gasteiger partial charge is 0.496 e. The molecule has 1 saturated heterocycles. The molecule has 17 aromatic rings. The van der Waals surface area contributed by atoms with Crippen molar-refractivity contribution in [3.05, 3.63) is 430 Å². The lowest BCUT2D eigenvalue weighted by Gasteiger charge is -2.28. The van der Waals surface area contributed by atoms with E-state index >= 15 is 0 Å². The van der Waals surface area contributed by atoms with Crippen LogP contribution in [0.25, 0.3) is 22.8 Å². The number of para-hydroxylation sites is 2. The summed E-state index contributed by atoms with van der Waals surface area (Å²) in [4.78, 5) is 82.6. The van der Waals surface area contributed by atoms with Gasteiger partial charge in [-0.05, 0) is 198 Å². The normalized spacial score (nSPS) is 11.8. The van der Waals surface area contributed by atoms with Crippen molar-refractivity contribution in [1.29, 1.82) is 5.26 Å². The van der Waals surface area contributed by atoms with Crippen molar-refractivity contribution in [3.63, 3.8) is 0 Å². The molecule has 0 aliphatic carbocycles. The number of thiophene rings is 2. The van der Waals surface area contributed by atoms with E-state index in [0.717, 1.165) is 103 Å². The lowest BCUT2D eigenvalue weighted by molar-refractivity contribution is -0.117. The van der Waals surface area contributed by atoms with Crippen LogP contribution in [0.3, 0.4) is 0 Å². The van der Waals surface area contributed by atoms with Crippen molar-refractivity contribution in [2.45, 2.75) is 151 Å². The Balaban J connectivity index is 0.000000143. The van der Waals surface area contributed by atoms with E-state index in [2.05, 4.69) is 160 Å². The number of rotatable bonds is 34. The average molecular weight is 2010 g/mol. The third-order valence-electron chi connectivity index (χ3n) is 23.2. The zero-order chi connectivity index (χ0) is 101. The number of benzene rings is 10.